The molecule has 0 atom stereocenters. The molecule has 2 saturated heterocycles. The van der Waals surface area contributed by atoms with Gasteiger partial charge < -0.3 is 76.4 Å². The van der Waals surface area contributed by atoms with E-state index >= 15 is 0 Å². The smallest absolute Gasteiger partial charge is 1.00 e. The van der Waals surface area contributed by atoms with Gasteiger partial charge in [0.2, 0.25) is 0 Å². The first-order chi connectivity index (χ1) is 10.8. The van der Waals surface area contributed by atoms with Crippen molar-refractivity contribution in [1.82, 2.24) is 0 Å². The van der Waals surface area contributed by atoms with Crippen LogP contribution in [0.1, 0.15) is 25.7 Å². The molecule has 2 aliphatic rings. The maximum absolute atomic E-state index is 4.94. The Bertz CT molecular complexity index is 135. The number of rotatable bonds is 6. The van der Waals surface area contributed by atoms with Gasteiger partial charge in [-0.3, -0.25) is 0 Å². The maximum atomic E-state index is 4.94. The third-order valence-corrected chi connectivity index (χ3v) is 2.64. The molecular formula is C16H36I2O6Sr. The second-order valence-corrected chi connectivity index (χ2v) is 4.61. The van der Waals surface area contributed by atoms with Gasteiger partial charge >= 0.3 is 45.5 Å². The summed E-state index contributed by atoms with van der Waals surface area (Å²) in [4.78, 5) is 0. The molecule has 2 rings (SSSR count). The fraction of sp³-hybridized carbons (Fsp3) is 1.00. The zero-order chi connectivity index (χ0) is 16.7. The van der Waals surface area contributed by atoms with E-state index in [-0.39, 0.29) is 93.4 Å². The second kappa shape index (κ2) is 41.2. The topological polar surface area (TPSA) is 55.4 Å². The number of hydrogen-bond donors (Lipinski definition) is 0. The summed E-state index contributed by atoms with van der Waals surface area (Å²) in [5.74, 6) is 0. The summed E-state index contributed by atoms with van der Waals surface area (Å²) in [6.07, 6.45) is 5.11. The minimum Gasteiger partial charge on any atom is -1.00 e. The molecule has 0 N–H and O–H groups in total. The Balaban J connectivity index is -0.0000000684. The average molecular weight is 666 g/mol. The summed E-state index contributed by atoms with van der Waals surface area (Å²) < 4.78 is 28.5. The normalized spacial score (nSPS) is 13.9. The Hall–Kier alpha value is 2.70. The van der Waals surface area contributed by atoms with Crippen LogP contribution < -0.4 is 48.0 Å². The van der Waals surface area contributed by atoms with Crippen LogP contribution >= 0.6 is 0 Å². The van der Waals surface area contributed by atoms with Crippen molar-refractivity contribution in [1.29, 1.82) is 0 Å². The summed E-state index contributed by atoms with van der Waals surface area (Å²) in [5.41, 5.74) is 0. The monoisotopic (exact) mass is 666 g/mol. The summed E-state index contributed by atoms with van der Waals surface area (Å²) in [7, 11) is 6.61. The molecule has 2 aliphatic heterocycles. The fourth-order valence-electron chi connectivity index (χ4n) is 1.35. The third kappa shape index (κ3) is 46.6. The molecule has 0 amide bonds. The summed E-state index contributed by atoms with van der Waals surface area (Å²) >= 11 is 0. The van der Waals surface area contributed by atoms with Gasteiger partial charge in [0.15, 0.2) is 0 Å². The zero-order valence-electron chi connectivity index (χ0n) is 16.4. The van der Waals surface area contributed by atoms with Crippen molar-refractivity contribution >= 4 is 45.5 Å². The van der Waals surface area contributed by atoms with E-state index in [9.17, 15) is 0 Å². The van der Waals surface area contributed by atoms with Gasteiger partial charge in [-0.1, -0.05) is 0 Å². The molecule has 0 aromatic carbocycles. The van der Waals surface area contributed by atoms with Crippen LogP contribution in [0, 0.1) is 0 Å². The fourth-order valence-corrected chi connectivity index (χ4v) is 1.35. The second-order valence-electron chi connectivity index (χ2n) is 4.61. The Morgan fingerprint density at radius 2 is 0.720 bits per heavy atom. The van der Waals surface area contributed by atoms with Crippen LogP contribution in [0.4, 0.5) is 0 Å². The van der Waals surface area contributed by atoms with Gasteiger partial charge in [-0.15, -0.1) is 0 Å². The minimum atomic E-state index is 0. The molecule has 152 valence electrons. The summed E-state index contributed by atoms with van der Waals surface area (Å²) in [5, 5.41) is 0. The Morgan fingerprint density at radius 3 is 0.800 bits per heavy atom. The molecule has 9 heteroatoms. The summed E-state index contributed by atoms with van der Waals surface area (Å²) in [6.45, 7) is 6.76. The quantitative estimate of drug-likeness (QED) is 0.163. The first kappa shape index (κ1) is 38.3. The van der Waals surface area contributed by atoms with E-state index in [1.54, 1.807) is 28.4 Å². The molecule has 2 fully saturated rings. The molecule has 0 aromatic heterocycles. The van der Waals surface area contributed by atoms with Gasteiger partial charge in [0.05, 0.1) is 26.4 Å². The number of halogens is 2. The van der Waals surface area contributed by atoms with E-state index in [2.05, 4.69) is 18.9 Å². The molecular weight excluding hydrogens is 630 g/mol. The number of methoxy groups -OCH3 is 4. The zero-order valence-corrected chi connectivity index (χ0v) is 24.2. The number of ether oxygens (including phenoxy) is 6. The predicted molar refractivity (Wildman–Crippen MR) is 93.4 cm³/mol. The Morgan fingerprint density at radius 1 is 0.520 bits per heavy atom. The predicted octanol–water partition coefficient (Wildman–Crippen LogP) is -4.22. The molecule has 0 aromatic rings. The standard InChI is InChI=1S/2C4H10O2.2C4H8O.2HI.Sr/c2*1-5-3-4-6-2;2*1-2-4-5-3-1;;;/h2*3-4H2,1-2H3;2*1-4H2;2*1H;/q;;;;;;+2/p-2. The van der Waals surface area contributed by atoms with Gasteiger partial charge in [-0.05, 0) is 25.7 Å². The Labute approximate surface area is 226 Å². The van der Waals surface area contributed by atoms with Crippen molar-refractivity contribution < 1.29 is 76.4 Å². The van der Waals surface area contributed by atoms with Crippen molar-refractivity contribution in [2.75, 3.05) is 81.3 Å². The van der Waals surface area contributed by atoms with Crippen molar-refractivity contribution in [2.45, 2.75) is 25.7 Å². The van der Waals surface area contributed by atoms with Gasteiger partial charge in [0, 0.05) is 54.9 Å². The summed E-state index contributed by atoms with van der Waals surface area (Å²) in [6, 6.07) is 0. The van der Waals surface area contributed by atoms with Gasteiger partial charge in [-0.25, -0.2) is 0 Å². The first-order valence-electron chi connectivity index (χ1n) is 7.94. The SMILES string of the molecule is C1CCOC1.C1CCOC1.COCCOC.COCCOC.[I-].[I-].[Sr+2]. The molecule has 0 aliphatic carbocycles. The van der Waals surface area contributed by atoms with E-state index < -0.39 is 0 Å². The molecule has 0 bridgehead atoms. The van der Waals surface area contributed by atoms with Crippen molar-refractivity contribution in [3.05, 3.63) is 0 Å². The van der Waals surface area contributed by atoms with E-state index in [0.717, 1.165) is 26.4 Å². The molecule has 0 unspecified atom stereocenters. The first-order valence-corrected chi connectivity index (χ1v) is 7.94. The maximum Gasteiger partial charge on any atom is 2.00 e. The molecule has 0 radical (unpaired) electrons. The van der Waals surface area contributed by atoms with Crippen LogP contribution in [0.15, 0.2) is 0 Å². The van der Waals surface area contributed by atoms with Crippen LogP contribution in [-0.4, -0.2) is 127 Å². The van der Waals surface area contributed by atoms with Crippen LogP contribution in [-0.2, 0) is 28.4 Å². The van der Waals surface area contributed by atoms with E-state index in [1.165, 1.54) is 25.7 Å². The molecule has 25 heavy (non-hydrogen) atoms. The Kier molecular flexibility index (Phi) is 63.1. The van der Waals surface area contributed by atoms with Crippen molar-refractivity contribution in [2.24, 2.45) is 0 Å². The van der Waals surface area contributed by atoms with Crippen LogP contribution in [0.5, 0.6) is 0 Å². The van der Waals surface area contributed by atoms with Crippen molar-refractivity contribution in [3.63, 3.8) is 0 Å². The average Bonchev–Trinajstić information content (AvgIpc) is 3.29. The van der Waals surface area contributed by atoms with Crippen LogP contribution in [0.25, 0.3) is 0 Å². The van der Waals surface area contributed by atoms with E-state index in [1.807, 2.05) is 0 Å². The third-order valence-electron chi connectivity index (χ3n) is 2.64. The minimum absolute atomic E-state index is 0. The van der Waals surface area contributed by atoms with Gasteiger partial charge in [0.25, 0.3) is 0 Å². The molecule has 0 spiro atoms. The number of hydrogen-bond acceptors (Lipinski definition) is 6. The van der Waals surface area contributed by atoms with E-state index in [0.29, 0.717) is 26.4 Å². The van der Waals surface area contributed by atoms with Crippen LogP contribution in [0.2, 0.25) is 0 Å². The largest absolute Gasteiger partial charge is 2.00 e. The van der Waals surface area contributed by atoms with E-state index in [4.69, 9.17) is 9.47 Å². The van der Waals surface area contributed by atoms with Crippen molar-refractivity contribution in [3.8, 4) is 0 Å². The van der Waals surface area contributed by atoms with Gasteiger partial charge in [0.1, 0.15) is 0 Å². The molecule has 6 nitrogen and oxygen atoms in total. The molecule has 0 saturated carbocycles. The molecule has 2 heterocycles. The van der Waals surface area contributed by atoms with Gasteiger partial charge in [-0.2, -0.15) is 0 Å². The van der Waals surface area contributed by atoms with Crippen LogP contribution in [0.3, 0.4) is 0 Å².